The summed E-state index contributed by atoms with van der Waals surface area (Å²) in [6.07, 6.45) is -1.83. The zero-order valence-corrected chi connectivity index (χ0v) is 15.2. The van der Waals surface area contributed by atoms with Gasteiger partial charge in [-0.15, -0.1) is 0 Å². The Labute approximate surface area is 164 Å². The Hall–Kier alpha value is -3.28. The average molecular weight is 401 g/mol. The minimum absolute atomic E-state index is 0.186. The van der Waals surface area contributed by atoms with Gasteiger partial charge in [0.25, 0.3) is 0 Å². The van der Waals surface area contributed by atoms with Gasteiger partial charge < -0.3 is 30.2 Å². The normalized spacial score (nSPS) is 23.9. The number of rotatable bonds is 6. The Balaban J connectivity index is 1.37. The van der Waals surface area contributed by atoms with E-state index in [9.17, 15) is 15.0 Å². The summed E-state index contributed by atoms with van der Waals surface area (Å²) in [7, 11) is 0. The van der Waals surface area contributed by atoms with Gasteiger partial charge in [0.2, 0.25) is 0 Å². The van der Waals surface area contributed by atoms with Gasteiger partial charge in [-0.25, -0.2) is 19.7 Å². The van der Waals surface area contributed by atoms with Crippen LogP contribution < -0.4 is 10.5 Å². The molecule has 0 saturated carbocycles. The molecule has 29 heavy (non-hydrogen) atoms. The molecule has 1 aliphatic heterocycles. The number of ether oxygens (including phenoxy) is 3. The number of imidazole rings is 1. The van der Waals surface area contributed by atoms with Crippen molar-refractivity contribution in [3.8, 4) is 5.75 Å². The maximum Gasteiger partial charge on any atom is 0.344 e. The van der Waals surface area contributed by atoms with Crippen molar-refractivity contribution in [1.29, 1.82) is 0 Å². The van der Waals surface area contributed by atoms with Gasteiger partial charge in [0.05, 0.1) is 6.33 Å². The molecule has 152 valence electrons. The van der Waals surface area contributed by atoms with E-state index in [-0.39, 0.29) is 19.0 Å². The molecular weight excluding hydrogens is 382 g/mol. The number of nitrogens with zero attached hydrogens (tertiary/aromatic N) is 4. The molecule has 11 heteroatoms. The van der Waals surface area contributed by atoms with E-state index in [0.29, 0.717) is 16.9 Å². The maximum absolute atomic E-state index is 11.9. The summed E-state index contributed by atoms with van der Waals surface area (Å²) in [5, 5.41) is 20.7. The van der Waals surface area contributed by atoms with Crippen LogP contribution in [0.4, 0.5) is 5.82 Å². The lowest BCUT2D eigenvalue weighted by Crippen LogP contribution is -2.34. The third-order valence-electron chi connectivity index (χ3n) is 4.51. The van der Waals surface area contributed by atoms with E-state index in [1.807, 2.05) is 6.07 Å². The van der Waals surface area contributed by atoms with Crippen molar-refractivity contribution in [2.75, 3.05) is 18.9 Å². The van der Waals surface area contributed by atoms with Gasteiger partial charge in [-0.3, -0.25) is 4.57 Å². The molecule has 0 radical (unpaired) electrons. The third-order valence-corrected chi connectivity index (χ3v) is 4.51. The van der Waals surface area contributed by atoms with Crippen LogP contribution in [0, 0.1) is 0 Å². The molecule has 3 heterocycles. The van der Waals surface area contributed by atoms with Crippen LogP contribution in [0.15, 0.2) is 43.0 Å². The van der Waals surface area contributed by atoms with Crippen LogP contribution in [0.5, 0.6) is 5.75 Å². The number of esters is 1. The van der Waals surface area contributed by atoms with Gasteiger partial charge >= 0.3 is 5.97 Å². The zero-order chi connectivity index (χ0) is 20.4. The topological polar surface area (TPSA) is 155 Å². The number of hydrogen-bond acceptors (Lipinski definition) is 10. The number of nitrogens with two attached hydrogens (primary N) is 1. The molecule has 0 bridgehead atoms. The molecular formula is C18H19N5O6. The molecule has 3 aromatic rings. The number of nitrogen functional groups attached to an aromatic ring is 1. The molecule has 1 saturated heterocycles. The Morgan fingerprint density at radius 1 is 1.17 bits per heavy atom. The van der Waals surface area contributed by atoms with Crippen molar-refractivity contribution in [3.05, 3.63) is 43.0 Å². The number of hydrogen-bond donors (Lipinski definition) is 3. The lowest BCUT2D eigenvalue weighted by Gasteiger charge is -2.16. The fourth-order valence-electron chi connectivity index (χ4n) is 3.03. The highest BCUT2D eigenvalue weighted by atomic mass is 16.6. The zero-order valence-electron chi connectivity index (χ0n) is 15.2. The fraction of sp³-hybridized carbons (Fsp3) is 0.333. The predicted molar refractivity (Wildman–Crippen MR) is 98.6 cm³/mol. The molecule has 0 spiro atoms. The Morgan fingerprint density at radius 3 is 2.76 bits per heavy atom. The highest BCUT2D eigenvalue weighted by Crippen LogP contribution is 2.32. The van der Waals surface area contributed by atoms with Crippen LogP contribution in [0.1, 0.15) is 6.23 Å². The summed E-state index contributed by atoms with van der Waals surface area (Å²) in [5.41, 5.74) is 6.46. The van der Waals surface area contributed by atoms with Crippen molar-refractivity contribution in [1.82, 2.24) is 19.5 Å². The highest BCUT2D eigenvalue weighted by Gasteiger charge is 2.45. The van der Waals surface area contributed by atoms with E-state index in [2.05, 4.69) is 15.0 Å². The summed E-state index contributed by atoms with van der Waals surface area (Å²) < 4.78 is 17.6. The van der Waals surface area contributed by atoms with Crippen molar-refractivity contribution < 1.29 is 29.2 Å². The average Bonchev–Trinajstić information content (AvgIpc) is 3.28. The highest BCUT2D eigenvalue weighted by molar-refractivity contribution is 5.81. The van der Waals surface area contributed by atoms with Gasteiger partial charge in [0.15, 0.2) is 24.3 Å². The largest absolute Gasteiger partial charge is 0.482 e. The van der Waals surface area contributed by atoms with Gasteiger partial charge in [-0.2, -0.15) is 0 Å². The molecule has 4 rings (SSSR count). The molecule has 0 aliphatic carbocycles. The number of carbonyl (C=O) groups excluding carboxylic acids is 1. The standard InChI is InChI=1S/C18H19N5O6/c19-16-13-17(21-8-20-16)23(9-22-13)18-15(26)14(25)11(29-18)6-28-12(24)7-27-10-4-2-1-3-5-10/h1-5,8-9,11,14-15,18,25-26H,6-7H2,(H2,19,20,21)/t11-,14-,15-,18-/m1/s1. The molecule has 11 nitrogen and oxygen atoms in total. The number of anilines is 1. The molecule has 2 aromatic heterocycles. The minimum atomic E-state index is -1.28. The molecule has 4 N–H and O–H groups in total. The first-order chi connectivity index (χ1) is 14.0. The van der Waals surface area contributed by atoms with E-state index < -0.39 is 30.5 Å². The van der Waals surface area contributed by atoms with Crippen LogP contribution in [-0.2, 0) is 14.3 Å². The van der Waals surface area contributed by atoms with Gasteiger partial charge in [0.1, 0.15) is 42.5 Å². The van der Waals surface area contributed by atoms with Crippen molar-refractivity contribution >= 4 is 23.0 Å². The minimum Gasteiger partial charge on any atom is -0.482 e. The number of aromatic nitrogens is 4. The Kier molecular flexibility index (Phi) is 5.25. The number of fused-ring (bicyclic) bond motifs is 1. The quantitative estimate of drug-likeness (QED) is 0.467. The van der Waals surface area contributed by atoms with Gasteiger partial charge in [0, 0.05) is 0 Å². The van der Waals surface area contributed by atoms with Crippen LogP contribution in [-0.4, -0.2) is 67.2 Å². The van der Waals surface area contributed by atoms with Crippen molar-refractivity contribution in [2.45, 2.75) is 24.5 Å². The van der Waals surface area contributed by atoms with E-state index in [1.165, 1.54) is 17.2 Å². The van der Waals surface area contributed by atoms with E-state index in [1.54, 1.807) is 24.3 Å². The molecule has 1 aromatic carbocycles. The molecule has 1 fully saturated rings. The Morgan fingerprint density at radius 2 is 1.97 bits per heavy atom. The molecule has 0 unspecified atom stereocenters. The predicted octanol–water partition coefficient (Wildman–Crippen LogP) is -0.350. The summed E-state index contributed by atoms with van der Waals surface area (Å²) in [6.45, 7) is -0.545. The first-order valence-corrected chi connectivity index (χ1v) is 8.82. The number of carbonyl (C=O) groups is 1. The van der Waals surface area contributed by atoms with Gasteiger partial charge in [-0.05, 0) is 12.1 Å². The summed E-state index contributed by atoms with van der Waals surface area (Å²) in [5.74, 6) is 0.0900. The van der Waals surface area contributed by atoms with Crippen LogP contribution >= 0.6 is 0 Å². The lowest BCUT2D eigenvalue weighted by molar-refractivity contribution is -0.152. The Bertz CT molecular complexity index is 997. The number of benzene rings is 1. The summed E-state index contributed by atoms with van der Waals surface area (Å²) >= 11 is 0. The smallest absolute Gasteiger partial charge is 0.344 e. The van der Waals surface area contributed by atoms with Crippen LogP contribution in [0.25, 0.3) is 11.2 Å². The fourth-order valence-corrected chi connectivity index (χ4v) is 3.03. The first kappa shape index (κ1) is 19.1. The number of aliphatic hydroxyl groups is 2. The number of aliphatic hydroxyl groups excluding tert-OH is 2. The summed E-state index contributed by atoms with van der Waals surface area (Å²) in [4.78, 5) is 24.0. The van der Waals surface area contributed by atoms with Crippen molar-refractivity contribution in [2.24, 2.45) is 0 Å². The second-order valence-corrected chi connectivity index (χ2v) is 6.41. The van der Waals surface area contributed by atoms with E-state index in [0.717, 1.165) is 0 Å². The molecule has 4 atom stereocenters. The third kappa shape index (κ3) is 3.83. The summed E-state index contributed by atoms with van der Waals surface area (Å²) in [6, 6.07) is 8.82. The van der Waals surface area contributed by atoms with Crippen LogP contribution in [0.3, 0.4) is 0 Å². The lowest BCUT2D eigenvalue weighted by atomic mass is 10.1. The van der Waals surface area contributed by atoms with Gasteiger partial charge in [-0.1, -0.05) is 18.2 Å². The molecule has 1 aliphatic rings. The van der Waals surface area contributed by atoms with E-state index in [4.69, 9.17) is 19.9 Å². The first-order valence-electron chi connectivity index (χ1n) is 8.82. The van der Waals surface area contributed by atoms with Crippen molar-refractivity contribution in [3.63, 3.8) is 0 Å². The second-order valence-electron chi connectivity index (χ2n) is 6.41. The second kappa shape index (κ2) is 7.99. The van der Waals surface area contributed by atoms with E-state index >= 15 is 0 Å². The maximum atomic E-state index is 11.9. The molecule has 0 amide bonds. The van der Waals surface area contributed by atoms with Crippen LogP contribution in [0.2, 0.25) is 0 Å². The SMILES string of the molecule is Nc1ncnc2c1ncn2[C@@H]1O[C@H](COC(=O)COc2ccccc2)[C@@H](O)[C@H]1O. The monoisotopic (exact) mass is 401 g/mol. The number of para-hydroxylation sites is 1.